The van der Waals surface area contributed by atoms with Crippen LogP contribution in [0, 0.1) is 5.82 Å². The summed E-state index contributed by atoms with van der Waals surface area (Å²) in [6.07, 6.45) is -0.284. The van der Waals surface area contributed by atoms with Crippen molar-refractivity contribution in [1.82, 2.24) is 4.90 Å². The number of carbonyl (C=O) groups is 3. The summed E-state index contributed by atoms with van der Waals surface area (Å²) in [6, 6.07) is 10.4. The second-order valence-corrected chi connectivity index (χ2v) is 5.18. The zero-order chi connectivity index (χ0) is 16.6. The molecule has 2 aromatic rings. The number of halogens is 1. The largest absolute Gasteiger partial charge is 0.480 e. The van der Waals surface area contributed by atoms with Crippen LogP contribution in [0.2, 0.25) is 0 Å². The Balaban J connectivity index is 1.98. The van der Waals surface area contributed by atoms with Gasteiger partial charge in [0.25, 0.3) is 11.8 Å². The van der Waals surface area contributed by atoms with E-state index in [0.717, 1.165) is 0 Å². The number of aliphatic carboxylic acids is 1. The monoisotopic (exact) mass is 313 g/mol. The molecular weight excluding hydrogens is 301 g/mol. The number of hydrogen-bond donors (Lipinski definition) is 1. The van der Waals surface area contributed by atoms with Gasteiger partial charge in [0, 0.05) is 6.42 Å². The fourth-order valence-electron chi connectivity index (χ4n) is 2.65. The van der Waals surface area contributed by atoms with E-state index in [1.807, 2.05) is 0 Å². The van der Waals surface area contributed by atoms with Gasteiger partial charge in [-0.05, 0) is 23.8 Å². The van der Waals surface area contributed by atoms with Gasteiger partial charge in [0.1, 0.15) is 11.9 Å². The third-order valence-electron chi connectivity index (χ3n) is 3.79. The van der Waals surface area contributed by atoms with Gasteiger partial charge in [-0.1, -0.05) is 30.3 Å². The molecule has 0 saturated carbocycles. The van der Waals surface area contributed by atoms with E-state index in [0.29, 0.717) is 4.90 Å². The highest BCUT2D eigenvalue weighted by atomic mass is 19.1. The first-order valence-corrected chi connectivity index (χ1v) is 6.94. The van der Waals surface area contributed by atoms with E-state index in [-0.39, 0.29) is 23.1 Å². The molecule has 0 saturated heterocycles. The average molecular weight is 313 g/mol. The van der Waals surface area contributed by atoms with Crippen LogP contribution in [-0.4, -0.2) is 33.8 Å². The maximum absolute atomic E-state index is 13.8. The summed E-state index contributed by atoms with van der Waals surface area (Å²) in [5, 5.41) is 9.43. The molecule has 0 bridgehead atoms. The molecule has 0 fully saturated rings. The van der Waals surface area contributed by atoms with E-state index in [1.54, 1.807) is 18.2 Å². The SMILES string of the molecule is O=C(O)[C@H](Cc1ccccc1F)N1C(=O)c2ccccc2C1=O. The molecule has 5 nitrogen and oxygen atoms in total. The van der Waals surface area contributed by atoms with Crippen LogP contribution >= 0.6 is 0 Å². The summed E-state index contributed by atoms with van der Waals surface area (Å²) in [6.45, 7) is 0. The Morgan fingerprint density at radius 1 is 1.00 bits per heavy atom. The van der Waals surface area contributed by atoms with Gasteiger partial charge in [0.15, 0.2) is 0 Å². The highest BCUT2D eigenvalue weighted by molar-refractivity contribution is 6.22. The Kier molecular flexibility index (Phi) is 3.65. The standard InChI is InChI=1S/C17H12FNO4/c18-13-8-4-1-5-10(13)9-14(17(22)23)19-15(20)11-6-2-3-7-12(11)16(19)21/h1-8,14H,9H2,(H,22,23)/t14-/m0/s1. The van der Waals surface area contributed by atoms with Crippen molar-refractivity contribution in [3.05, 3.63) is 71.0 Å². The number of amides is 2. The summed E-state index contributed by atoms with van der Waals surface area (Å²) in [7, 11) is 0. The maximum Gasteiger partial charge on any atom is 0.327 e. The number of carboxylic acids is 1. The molecule has 1 heterocycles. The van der Waals surface area contributed by atoms with Crippen molar-refractivity contribution in [2.45, 2.75) is 12.5 Å². The Morgan fingerprint density at radius 3 is 2.04 bits per heavy atom. The smallest absolute Gasteiger partial charge is 0.327 e. The molecular formula is C17H12FNO4. The van der Waals surface area contributed by atoms with E-state index < -0.39 is 29.6 Å². The van der Waals surface area contributed by atoms with Crippen LogP contribution in [0.1, 0.15) is 26.3 Å². The average Bonchev–Trinajstić information content (AvgIpc) is 2.79. The molecule has 23 heavy (non-hydrogen) atoms. The van der Waals surface area contributed by atoms with E-state index in [9.17, 15) is 23.9 Å². The lowest BCUT2D eigenvalue weighted by Gasteiger charge is -2.22. The van der Waals surface area contributed by atoms with Gasteiger partial charge in [0.05, 0.1) is 11.1 Å². The van der Waals surface area contributed by atoms with Gasteiger partial charge in [0.2, 0.25) is 0 Å². The van der Waals surface area contributed by atoms with Crippen LogP contribution in [0.3, 0.4) is 0 Å². The lowest BCUT2D eigenvalue weighted by atomic mass is 10.0. The minimum atomic E-state index is -1.46. The number of fused-ring (bicyclic) bond motifs is 1. The molecule has 0 radical (unpaired) electrons. The molecule has 6 heteroatoms. The van der Waals surface area contributed by atoms with Crippen molar-refractivity contribution in [3.63, 3.8) is 0 Å². The van der Waals surface area contributed by atoms with E-state index in [4.69, 9.17) is 0 Å². The first kappa shape index (κ1) is 14.9. The summed E-state index contributed by atoms with van der Waals surface area (Å²) in [4.78, 5) is 37.0. The molecule has 0 aromatic heterocycles. The number of imide groups is 1. The fraction of sp³-hybridized carbons (Fsp3) is 0.118. The molecule has 1 N–H and O–H groups in total. The minimum Gasteiger partial charge on any atom is -0.480 e. The molecule has 1 atom stereocenters. The van der Waals surface area contributed by atoms with Gasteiger partial charge in [-0.2, -0.15) is 0 Å². The van der Waals surface area contributed by atoms with E-state index in [2.05, 4.69) is 0 Å². The van der Waals surface area contributed by atoms with Gasteiger partial charge in [-0.3, -0.25) is 14.5 Å². The van der Waals surface area contributed by atoms with Crippen LogP contribution in [0.5, 0.6) is 0 Å². The number of carbonyl (C=O) groups excluding carboxylic acids is 2. The predicted octanol–water partition coefficient (Wildman–Crippen LogP) is 2.12. The van der Waals surface area contributed by atoms with Crippen LogP contribution in [0.25, 0.3) is 0 Å². The van der Waals surface area contributed by atoms with E-state index >= 15 is 0 Å². The highest BCUT2D eigenvalue weighted by Crippen LogP contribution is 2.26. The topological polar surface area (TPSA) is 74.7 Å². The second-order valence-electron chi connectivity index (χ2n) is 5.18. The normalized spacial score (nSPS) is 14.7. The van der Waals surface area contributed by atoms with Crippen LogP contribution in [-0.2, 0) is 11.2 Å². The third-order valence-corrected chi connectivity index (χ3v) is 3.79. The molecule has 0 aliphatic carbocycles. The molecule has 1 aliphatic heterocycles. The Morgan fingerprint density at radius 2 is 1.52 bits per heavy atom. The maximum atomic E-state index is 13.8. The van der Waals surface area contributed by atoms with Crippen LogP contribution in [0.4, 0.5) is 4.39 Å². The summed E-state index contributed by atoms with van der Waals surface area (Å²) in [5.74, 6) is -3.28. The summed E-state index contributed by atoms with van der Waals surface area (Å²) in [5.41, 5.74) is 0.464. The molecule has 2 aromatic carbocycles. The first-order chi connectivity index (χ1) is 11.0. The zero-order valence-electron chi connectivity index (χ0n) is 11.9. The van der Waals surface area contributed by atoms with Crippen molar-refractivity contribution in [1.29, 1.82) is 0 Å². The first-order valence-electron chi connectivity index (χ1n) is 6.94. The lowest BCUT2D eigenvalue weighted by molar-refractivity contribution is -0.141. The molecule has 3 rings (SSSR count). The van der Waals surface area contributed by atoms with Crippen molar-refractivity contribution >= 4 is 17.8 Å². The summed E-state index contributed by atoms with van der Waals surface area (Å²) < 4.78 is 13.8. The fourth-order valence-corrected chi connectivity index (χ4v) is 2.65. The number of hydrogen-bond acceptors (Lipinski definition) is 3. The Labute approximate surface area is 131 Å². The van der Waals surface area contributed by atoms with Crippen molar-refractivity contribution in [2.24, 2.45) is 0 Å². The molecule has 1 aliphatic rings. The molecule has 0 unspecified atom stereocenters. The van der Waals surface area contributed by atoms with Crippen LogP contribution in [0.15, 0.2) is 48.5 Å². The van der Waals surface area contributed by atoms with Gasteiger partial charge >= 0.3 is 5.97 Å². The minimum absolute atomic E-state index is 0.136. The van der Waals surface area contributed by atoms with Gasteiger partial charge < -0.3 is 5.11 Å². The number of carboxylic acid groups (broad SMARTS) is 1. The lowest BCUT2D eigenvalue weighted by Crippen LogP contribution is -2.46. The quantitative estimate of drug-likeness (QED) is 0.877. The number of nitrogens with zero attached hydrogens (tertiary/aromatic N) is 1. The highest BCUT2D eigenvalue weighted by Gasteiger charge is 2.42. The van der Waals surface area contributed by atoms with E-state index in [1.165, 1.54) is 30.3 Å². The van der Waals surface area contributed by atoms with Crippen molar-refractivity contribution < 1.29 is 23.9 Å². The van der Waals surface area contributed by atoms with Crippen molar-refractivity contribution in [2.75, 3.05) is 0 Å². The second kappa shape index (κ2) is 5.64. The summed E-state index contributed by atoms with van der Waals surface area (Å²) >= 11 is 0. The van der Waals surface area contributed by atoms with Gasteiger partial charge in [-0.25, -0.2) is 9.18 Å². The predicted molar refractivity (Wildman–Crippen MR) is 78.5 cm³/mol. The third kappa shape index (κ3) is 2.48. The van der Waals surface area contributed by atoms with Crippen LogP contribution < -0.4 is 0 Å². The molecule has 2 amide bonds. The van der Waals surface area contributed by atoms with Crippen molar-refractivity contribution in [3.8, 4) is 0 Å². The zero-order valence-corrected chi connectivity index (χ0v) is 11.9. The number of rotatable bonds is 4. The van der Waals surface area contributed by atoms with Gasteiger partial charge in [-0.15, -0.1) is 0 Å². The molecule has 0 spiro atoms. The number of benzene rings is 2. The molecule has 116 valence electrons. The Bertz CT molecular complexity index is 783. The Hall–Kier alpha value is -3.02.